The van der Waals surface area contributed by atoms with E-state index >= 15 is 0 Å². The van der Waals surface area contributed by atoms with Crippen LogP contribution in [0, 0.1) is 0 Å². The molecule has 0 aromatic heterocycles. The molecule has 1 atom stereocenters. The third-order valence-electron chi connectivity index (χ3n) is 5.33. The van der Waals surface area contributed by atoms with Gasteiger partial charge in [0.15, 0.2) is 0 Å². The summed E-state index contributed by atoms with van der Waals surface area (Å²) in [6.07, 6.45) is -7.28. The number of hydrogen-bond acceptors (Lipinski definition) is 3. The fourth-order valence-electron chi connectivity index (χ4n) is 3.73. The molecule has 0 saturated carbocycles. The van der Waals surface area contributed by atoms with Crippen molar-refractivity contribution in [3.8, 4) is 11.1 Å². The van der Waals surface area contributed by atoms with E-state index in [-0.39, 0.29) is 18.9 Å². The molecule has 3 rings (SSSR count). The average Bonchev–Trinajstić information content (AvgIpc) is 2.99. The van der Waals surface area contributed by atoms with Crippen molar-refractivity contribution in [2.75, 3.05) is 6.61 Å². The number of alkyl carbamates (subject to hydrolysis) is 1. The van der Waals surface area contributed by atoms with E-state index < -0.39 is 36.6 Å². The van der Waals surface area contributed by atoms with Crippen molar-refractivity contribution in [2.24, 2.45) is 0 Å². The van der Waals surface area contributed by atoms with Crippen molar-refractivity contribution in [1.82, 2.24) is 5.32 Å². The van der Waals surface area contributed by atoms with Crippen LogP contribution in [-0.4, -0.2) is 35.5 Å². The Kier molecular flexibility index (Phi) is 6.05. The highest BCUT2D eigenvalue weighted by molar-refractivity contribution is 5.84. The van der Waals surface area contributed by atoms with Gasteiger partial charge in [0.1, 0.15) is 12.1 Å². The van der Waals surface area contributed by atoms with Crippen molar-refractivity contribution in [1.29, 1.82) is 0 Å². The van der Waals surface area contributed by atoms with Crippen LogP contribution in [0.25, 0.3) is 11.1 Å². The van der Waals surface area contributed by atoms with Crippen LogP contribution >= 0.6 is 0 Å². The molecule has 8 heteroatoms. The summed E-state index contributed by atoms with van der Waals surface area (Å²) in [5.74, 6) is -1.62. The summed E-state index contributed by atoms with van der Waals surface area (Å²) in [5.41, 5.74) is 2.23. The van der Waals surface area contributed by atoms with Crippen molar-refractivity contribution in [2.45, 2.75) is 43.8 Å². The predicted molar refractivity (Wildman–Crippen MR) is 104 cm³/mol. The van der Waals surface area contributed by atoms with Gasteiger partial charge in [0.25, 0.3) is 0 Å². The molecule has 0 saturated heterocycles. The normalized spacial score (nSPS) is 15.1. The number of carbonyl (C=O) groups is 2. The summed E-state index contributed by atoms with van der Waals surface area (Å²) in [6, 6.07) is 15.5. The summed E-state index contributed by atoms with van der Waals surface area (Å²) >= 11 is 0. The molecule has 5 nitrogen and oxygen atoms in total. The molecule has 2 aromatic carbocycles. The average molecular weight is 421 g/mol. The largest absolute Gasteiger partial charge is 0.480 e. The van der Waals surface area contributed by atoms with E-state index in [4.69, 9.17) is 4.74 Å². The number of fused-ring (bicyclic) bond motifs is 3. The van der Waals surface area contributed by atoms with Crippen LogP contribution in [0.5, 0.6) is 0 Å². The predicted octanol–water partition coefficient (Wildman–Crippen LogP) is 5.10. The topological polar surface area (TPSA) is 75.6 Å². The van der Waals surface area contributed by atoms with Gasteiger partial charge in [-0.3, -0.25) is 0 Å². The lowest BCUT2D eigenvalue weighted by Gasteiger charge is -2.26. The van der Waals surface area contributed by atoms with Crippen molar-refractivity contribution >= 4 is 12.1 Å². The first-order valence-electron chi connectivity index (χ1n) is 9.54. The molecule has 2 N–H and O–H groups in total. The van der Waals surface area contributed by atoms with Crippen LogP contribution < -0.4 is 5.32 Å². The first kappa shape index (κ1) is 21.7. The molecule has 1 aliphatic rings. The quantitative estimate of drug-likeness (QED) is 0.652. The smallest absolute Gasteiger partial charge is 0.408 e. The Morgan fingerprint density at radius 1 is 1.00 bits per heavy atom. The van der Waals surface area contributed by atoms with E-state index in [0.29, 0.717) is 0 Å². The molecule has 0 bridgehead atoms. The second kappa shape index (κ2) is 8.38. The molecule has 0 aliphatic heterocycles. The van der Waals surface area contributed by atoms with Crippen molar-refractivity contribution in [3.05, 3.63) is 59.7 Å². The highest BCUT2D eigenvalue weighted by Gasteiger charge is 2.37. The van der Waals surface area contributed by atoms with Crippen LogP contribution in [0.4, 0.5) is 18.0 Å². The van der Waals surface area contributed by atoms with Gasteiger partial charge in [0.05, 0.1) is 0 Å². The molecule has 160 valence electrons. The minimum Gasteiger partial charge on any atom is -0.480 e. The Morgan fingerprint density at radius 3 is 2.03 bits per heavy atom. The first-order valence-corrected chi connectivity index (χ1v) is 9.54. The SMILES string of the molecule is CC(CCCC(F)(F)F)(NC(=O)OCC1c2ccccc2-c2ccccc21)C(=O)O. The maximum atomic E-state index is 12.4. The maximum Gasteiger partial charge on any atom is 0.408 e. The number of carbonyl (C=O) groups excluding carboxylic acids is 1. The third-order valence-corrected chi connectivity index (χ3v) is 5.33. The zero-order chi connectivity index (χ0) is 21.9. The van der Waals surface area contributed by atoms with E-state index in [0.717, 1.165) is 22.3 Å². The maximum absolute atomic E-state index is 12.4. The van der Waals surface area contributed by atoms with Gasteiger partial charge >= 0.3 is 18.2 Å². The fourth-order valence-corrected chi connectivity index (χ4v) is 3.73. The van der Waals surface area contributed by atoms with Gasteiger partial charge in [0, 0.05) is 12.3 Å². The van der Waals surface area contributed by atoms with Gasteiger partial charge in [-0.15, -0.1) is 0 Å². The first-order chi connectivity index (χ1) is 14.1. The second-order valence-corrected chi connectivity index (χ2v) is 7.56. The number of alkyl halides is 3. The molecular formula is C22H22F3NO4. The molecular weight excluding hydrogens is 399 g/mol. The van der Waals surface area contributed by atoms with Crippen LogP contribution in [0.15, 0.2) is 48.5 Å². The minimum absolute atomic E-state index is 0.0158. The Balaban J connectivity index is 1.65. The molecule has 2 aromatic rings. The lowest BCUT2D eigenvalue weighted by molar-refractivity contribution is -0.147. The monoisotopic (exact) mass is 421 g/mol. The van der Waals surface area contributed by atoms with Crippen LogP contribution in [0.2, 0.25) is 0 Å². The number of carboxylic acid groups (broad SMARTS) is 1. The Bertz CT molecular complexity index is 898. The number of benzene rings is 2. The van der Waals surface area contributed by atoms with Gasteiger partial charge in [0.2, 0.25) is 0 Å². The lowest BCUT2D eigenvalue weighted by atomic mass is 9.95. The van der Waals surface area contributed by atoms with Crippen LogP contribution in [0.1, 0.15) is 43.2 Å². The standard InChI is InChI=1S/C22H22F3NO4/c1-21(19(27)28,11-6-12-22(23,24)25)26-20(29)30-13-18-16-9-4-2-7-14(16)15-8-3-5-10-17(15)18/h2-5,7-10,18H,6,11-13H2,1H3,(H,26,29)(H,27,28). The molecule has 0 heterocycles. The van der Waals surface area contributed by atoms with Gasteiger partial charge in [-0.25, -0.2) is 9.59 Å². The number of carboxylic acids is 1. The minimum atomic E-state index is -4.39. The van der Waals surface area contributed by atoms with Crippen molar-refractivity contribution < 1.29 is 32.6 Å². The Hall–Kier alpha value is -3.03. The summed E-state index contributed by atoms with van der Waals surface area (Å²) in [4.78, 5) is 23.8. The van der Waals surface area contributed by atoms with Gasteiger partial charge in [-0.1, -0.05) is 48.5 Å². The van der Waals surface area contributed by atoms with Crippen LogP contribution in [-0.2, 0) is 9.53 Å². The van der Waals surface area contributed by atoms with Gasteiger partial charge in [-0.05, 0) is 42.0 Å². The van der Waals surface area contributed by atoms with E-state index in [1.807, 2.05) is 48.5 Å². The molecule has 1 unspecified atom stereocenters. The molecule has 30 heavy (non-hydrogen) atoms. The van der Waals surface area contributed by atoms with E-state index in [9.17, 15) is 27.9 Å². The fraction of sp³-hybridized carbons (Fsp3) is 0.364. The zero-order valence-corrected chi connectivity index (χ0v) is 16.3. The number of halogens is 3. The molecule has 1 aliphatic carbocycles. The zero-order valence-electron chi connectivity index (χ0n) is 16.3. The van der Waals surface area contributed by atoms with E-state index in [1.54, 1.807) is 0 Å². The van der Waals surface area contributed by atoms with E-state index in [2.05, 4.69) is 5.32 Å². The number of rotatable bonds is 7. The number of amides is 1. The summed E-state index contributed by atoms with van der Waals surface area (Å²) in [5, 5.41) is 11.6. The highest BCUT2D eigenvalue weighted by atomic mass is 19.4. The molecule has 0 radical (unpaired) electrons. The molecule has 0 spiro atoms. The van der Waals surface area contributed by atoms with Gasteiger partial charge in [-0.2, -0.15) is 13.2 Å². The third kappa shape index (κ3) is 4.75. The number of aliphatic carboxylic acids is 1. The Labute approximate surface area is 171 Å². The number of ether oxygens (including phenoxy) is 1. The summed E-state index contributed by atoms with van der Waals surface area (Å²) < 4.78 is 42.4. The Morgan fingerprint density at radius 2 is 1.53 bits per heavy atom. The molecule has 0 fully saturated rings. The summed E-state index contributed by atoms with van der Waals surface area (Å²) in [6.45, 7) is 1.16. The number of nitrogens with one attached hydrogen (secondary N) is 1. The van der Waals surface area contributed by atoms with Crippen LogP contribution in [0.3, 0.4) is 0 Å². The van der Waals surface area contributed by atoms with Crippen molar-refractivity contribution in [3.63, 3.8) is 0 Å². The summed E-state index contributed by atoms with van der Waals surface area (Å²) in [7, 11) is 0. The lowest BCUT2D eigenvalue weighted by Crippen LogP contribution is -2.52. The van der Waals surface area contributed by atoms with E-state index in [1.165, 1.54) is 6.92 Å². The molecule has 1 amide bonds. The second-order valence-electron chi connectivity index (χ2n) is 7.56. The van der Waals surface area contributed by atoms with Gasteiger partial charge < -0.3 is 15.2 Å². The highest BCUT2D eigenvalue weighted by Crippen LogP contribution is 2.44. The number of hydrogen-bond donors (Lipinski definition) is 2.